The van der Waals surface area contributed by atoms with Crippen LogP contribution in [0, 0.1) is 5.95 Å². The van der Waals surface area contributed by atoms with Gasteiger partial charge >= 0.3 is 0 Å². The summed E-state index contributed by atoms with van der Waals surface area (Å²) in [6.45, 7) is 0. The molecule has 1 aromatic carbocycles. The molecule has 20 heavy (non-hydrogen) atoms. The molecule has 3 aromatic rings. The topological polar surface area (TPSA) is 54.9 Å². The smallest absolute Gasteiger partial charge is 0.275 e. The minimum absolute atomic E-state index is 0.157. The number of benzene rings is 1. The molecular formula is C15H10FN3O. The quantitative estimate of drug-likeness (QED) is 0.726. The van der Waals surface area contributed by atoms with Crippen molar-refractivity contribution in [1.82, 2.24) is 9.97 Å². The van der Waals surface area contributed by atoms with Gasteiger partial charge in [0.1, 0.15) is 11.5 Å². The third kappa shape index (κ3) is 2.47. The van der Waals surface area contributed by atoms with Crippen LogP contribution in [-0.4, -0.2) is 15.9 Å². The number of nitrogens with one attached hydrogen (secondary N) is 1. The van der Waals surface area contributed by atoms with Crippen molar-refractivity contribution in [3.05, 3.63) is 66.2 Å². The van der Waals surface area contributed by atoms with Gasteiger partial charge in [-0.25, -0.2) is 9.97 Å². The maximum Gasteiger partial charge on any atom is 0.275 e. The average molecular weight is 267 g/mol. The summed E-state index contributed by atoms with van der Waals surface area (Å²) in [5, 5.41) is 3.46. The van der Waals surface area contributed by atoms with E-state index in [1.807, 2.05) is 30.3 Å². The summed E-state index contributed by atoms with van der Waals surface area (Å²) in [7, 11) is 0. The van der Waals surface area contributed by atoms with Crippen LogP contribution >= 0.6 is 0 Å². The Morgan fingerprint density at radius 1 is 0.950 bits per heavy atom. The van der Waals surface area contributed by atoms with Crippen LogP contribution in [0.5, 0.6) is 0 Å². The SMILES string of the molecule is O=C(Nc1cccc(F)n1)c1ccc2ccccc2n1. The van der Waals surface area contributed by atoms with Crippen LogP contribution in [0.3, 0.4) is 0 Å². The second-order valence-electron chi connectivity index (χ2n) is 4.19. The van der Waals surface area contributed by atoms with Crippen molar-refractivity contribution in [2.75, 3.05) is 5.32 Å². The zero-order valence-electron chi connectivity index (χ0n) is 10.4. The van der Waals surface area contributed by atoms with Gasteiger partial charge in [-0.3, -0.25) is 4.79 Å². The Morgan fingerprint density at radius 2 is 1.80 bits per heavy atom. The Kier molecular flexibility index (Phi) is 3.09. The Hall–Kier alpha value is -2.82. The van der Waals surface area contributed by atoms with Crippen LogP contribution in [0.2, 0.25) is 0 Å². The van der Waals surface area contributed by atoms with Crippen molar-refractivity contribution in [3.8, 4) is 0 Å². The van der Waals surface area contributed by atoms with Crippen molar-refractivity contribution < 1.29 is 9.18 Å². The number of anilines is 1. The van der Waals surface area contributed by atoms with Crippen molar-refractivity contribution in [1.29, 1.82) is 0 Å². The molecule has 5 heteroatoms. The molecule has 0 fully saturated rings. The fourth-order valence-electron chi connectivity index (χ4n) is 1.85. The van der Waals surface area contributed by atoms with Crippen molar-refractivity contribution in [2.45, 2.75) is 0 Å². The van der Waals surface area contributed by atoms with Crippen LogP contribution in [0.4, 0.5) is 10.2 Å². The second-order valence-corrected chi connectivity index (χ2v) is 4.19. The molecular weight excluding hydrogens is 257 g/mol. The lowest BCUT2D eigenvalue weighted by Crippen LogP contribution is -2.14. The Labute approximate surface area is 114 Å². The number of para-hydroxylation sites is 1. The van der Waals surface area contributed by atoms with Crippen LogP contribution in [0.1, 0.15) is 10.5 Å². The summed E-state index contributed by atoms with van der Waals surface area (Å²) < 4.78 is 13.0. The van der Waals surface area contributed by atoms with E-state index in [0.717, 1.165) is 10.9 Å². The number of hydrogen-bond donors (Lipinski definition) is 1. The zero-order chi connectivity index (χ0) is 13.9. The number of halogens is 1. The molecule has 0 aliphatic rings. The van der Waals surface area contributed by atoms with Gasteiger partial charge in [-0.05, 0) is 24.3 Å². The number of hydrogen-bond acceptors (Lipinski definition) is 3. The van der Waals surface area contributed by atoms with Gasteiger partial charge < -0.3 is 5.32 Å². The van der Waals surface area contributed by atoms with E-state index in [1.54, 1.807) is 6.07 Å². The van der Waals surface area contributed by atoms with Crippen molar-refractivity contribution in [2.24, 2.45) is 0 Å². The fraction of sp³-hybridized carbons (Fsp3) is 0. The fourth-order valence-corrected chi connectivity index (χ4v) is 1.85. The molecule has 0 saturated heterocycles. The number of carbonyl (C=O) groups is 1. The molecule has 2 heterocycles. The molecule has 0 unspecified atom stereocenters. The maximum absolute atomic E-state index is 13.0. The normalized spacial score (nSPS) is 10.4. The highest BCUT2D eigenvalue weighted by atomic mass is 19.1. The lowest BCUT2D eigenvalue weighted by Gasteiger charge is -2.04. The van der Waals surface area contributed by atoms with Gasteiger partial charge in [-0.2, -0.15) is 4.39 Å². The summed E-state index contributed by atoms with van der Waals surface area (Å²) in [6.07, 6.45) is 0. The molecule has 0 aliphatic carbocycles. The predicted molar refractivity (Wildman–Crippen MR) is 73.9 cm³/mol. The van der Waals surface area contributed by atoms with E-state index in [2.05, 4.69) is 15.3 Å². The van der Waals surface area contributed by atoms with Crippen molar-refractivity contribution in [3.63, 3.8) is 0 Å². The first-order chi connectivity index (χ1) is 9.72. The predicted octanol–water partition coefficient (Wildman–Crippen LogP) is 3.02. The Morgan fingerprint density at radius 3 is 2.65 bits per heavy atom. The molecule has 0 spiro atoms. The van der Waals surface area contributed by atoms with E-state index in [-0.39, 0.29) is 11.5 Å². The molecule has 4 nitrogen and oxygen atoms in total. The zero-order valence-corrected chi connectivity index (χ0v) is 10.4. The molecule has 1 amide bonds. The first-order valence-electron chi connectivity index (χ1n) is 6.02. The average Bonchev–Trinajstić information content (AvgIpc) is 2.47. The second kappa shape index (κ2) is 5.05. The van der Waals surface area contributed by atoms with E-state index in [0.29, 0.717) is 0 Å². The number of rotatable bonds is 2. The molecule has 1 N–H and O–H groups in total. The Balaban J connectivity index is 1.88. The highest BCUT2D eigenvalue weighted by Crippen LogP contribution is 2.13. The summed E-state index contributed by atoms with van der Waals surface area (Å²) in [6, 6.07) is 15.1. The van der Waals surface area contributed by atoms with Crippen LogP contribution in [0.25, 0.3) is 10.9 Å². The highest BCUT2D eigenvalue weighted by Gasteiger charge is 2.09. The number of amides is 1. The summed E-state index contributed by atoms with van der Waals surface area (Å²) >= 11 is 0. The lowest BCUT2D eigenvalue weighted by molar-refractivity contribution is 0.102. The Bertz CT molecular complexity index is 789. The summed E-state index contributed by atoms with van der Waals surface area (Å²) in [5.74, 6) is -0.909. The molecule has 0 saturated carbocycles. The largest absolute Gasteiger partial charge is 0.305 e. The van der Waals surface area contributed by atoms with E-state index >= 15 is 0 Å². The van der Waals surface area contributed by atoms with Gasteiger partial charge in [0.25, 0.3) is 5.91 Å². The van der Waals surface area contributed by atoms with Gasteiger partial charge in [-0.15, -0.1) is 0 Å². The van der Waals surface area contributed by atoms with Crippen LogP contribution < -0.4 is 5.32 Å². The molecule has 3 rings (SSSR count). The third-order valence-corrected chi connectivity index (χ3v) is 2.79. The summed E-state index contributed by atoms with van der Waals surface area (Å²) in [4.78, 5) is 19.9. The summed E-state index contributed by atoms with van der Waals surface area (Å²) in [5.41, 5.74) is 0.988. The number of carbonyl (C=O) groups excluding carboxylic acids is 1. The monoisotopic (exact) mass is 267 g/mol. The van der Waals surface area contributed by atoms with Gasteiger partial charge in [0.05, 0.1) is 5.52 Å². The molecule has 2 aromatic heterocycles. The van der Waals surface area contributed by atoms with Gasteiger partial charge in [-0.1, -0.05) is 30.3 Å². The molecule has 98 valence electrons. The van der Waals surface area contributed by atoms with E-state index in [1.165, 1.54) is 18.2 Å². The van der Waals surface area contributed by atoms with Gasteiger partial charge in [0.15, 0.2) is 0 Å². The molecule has 0 radical (unpaired) electrons. The number of aromatic nitrogens is 2. The van der Waals surface area contributed by atoms with Gasteiger partial charge in [0, 0.05) is 5.39 Å². The van der Waals surface area contributed by atoms with Gasteiger partial charge in [0.2, 0.25) is 5.95 Å². The van der Waals surface area contributed by atoms with Crippen LogP contribution in [-0.2, 0) is 0 Å². The standard InChI is InChI=1S/C15H10FN3O/c16-13-6-3-7-14(18-13)19-15(20)12-9-8-10-4-1-2-5-11(10)17-12/h1-9H,(H,18,19,20). The molecule has 0 aliphatic heterocycles. The third-order valence-electron chi connectivity index (χ3n) is 2.79. The molecule has 0 bridgehead atoms. The number of fused-ring (bicyclic) bond motifs is 1. The highest BCUT2D eigenvalue weighted by molar-refractivity contribution is 6.03. The van der Waals surface area contributed by atoms with E-state index in [9.17, 15) is 9.18 Å². The minimum atomic E-state index is -0.644. The van der Waals surface area contributed by atoms with Crippen molar-refractivity contribution >= 4 is 22.6 Å². The minimum Gasteiger partial charge on any atom is -0.305 e. The lowest BCUT2D eigenvalue weighted by atomic mass is 10.2. The first kappa shape index (κ1) is 12.2. The maximum atomic E-state index is 13.0. The number of nitrogens with zero attached hydrogens (tertiary/aromatic N) is 2. The first-order valence-corrected chi connectivity index (χ1v) is 6.02. The van der Waals surface area contributed by atoms with E-state index in [4.69, 9.17) is 0 Å². The van der Waals surface area contributed by atoms with E-state index < -0.39 is 11.9 Å². The molecule has 0 atom stereocenters. The number of pyridine rings is 2. The van der Waals surface area contributed by atoms with Crippen LogP contribution in [0.15, 0.2) is 54.6 Å².